The Morgan fingerprint density at radius 2 is 2.29 bits per heavy atom. The van der Waals surface area contributed by atoms with Crippen LogP contribution in [0.4, 0.5) is 0 Å². The number of nitrogens with one attached hydrogen (secondary N) is 2. The molecule has 0 rings (SSSR count). The van der Waals surface area contributed by atoms with Crippen LogP contribution in [0.2, 0.25) is 0 Å². The van der Waals surface area contributed by atoms with E-state index < -0.39 is 6.50 Å². The van der Waals surface area contributed by atoms with Gasteiger partial charge in [-0.05, 0) is 19.8 Å². The second-order valence-corrected chi connectivity index (χ2v) is 3.09. The summed E-state index contributed by atoms with van der Waals surface area (Å²) in [6.45, 7) is 2.11. The summed E-state index contributed by atoms with van der Waals surface area (Å²) >= 11 is 0. The number of allylic oxidation sites excluding steroid dienone is 1. The van der Waals surface area contributed by atoms with Crippen molar-refractivity contribution in [1.29, 1.82) is 0 Å². The number of nitrogens with two attached hydrogens (primary N) is 1. The third-order valence-electron chi connectivity index (χ3n) is 1.49. The summed E-state index contributed by atoms with van der Waals surface area (Å²) in [5, 5.41) is 5.02. The fraction of sp³-hybridized carbons (Fsp3) is 0.700. The predicted octanol–water partition coefficient (Wildman–Crippen LogP) is 0.702. The smallest absolute Gasteiger partial charge is 0.237 e. The largest absolute Gasteiger partial charge is 0.401 e. The van der Waals surface area contributed by atoms with Crippen LogP contribution in [0, 0.1) is 0 Å². The summed E-state index contributed by atoms with van der Waals surface area (Å²) < 4.78 is 15.1. The van der Waals surface area contributed by atoms with E-state index in [0.717, 1.165) is 12.8 Å². The summed E-state index contributed by atoms with van der Waals surface area (Å²) in [5.74, 6) is -0.301. The van der Waals surface area contributed by atoms with Gasteiger partial charge in [-0.3, -0.25) is 4.79 Å². The van der Waals surface area contributed by atoms with Crippen LogP contribution in [0.5, 0.6) is 0 Å². The molecule has 0 aromatic heterocycles. The fourth-order valence-electron chi connectivity index (χ4n) is 0.742. The van der Waals surface area contributed by atoms with Gasteiger partial charge in [-0.25, -0.2) is 0 Å². The monoisotopic (exact) mass is 201 g/mol. The van der Waals surface area contributed by atoms with Crippen LogP contribution >= 0.6 is 0 Å². The van der Waals surface area contributed by atoms with Crippen LogP contribution < -0.4 is 16.4 Å². The quantitative estimate of drug-likeness (QED) is 0.568. The van der Waals surface area contributed by atoms with Crippen LogP contribution in [-0.4, -0.2) is 18.9 Å². The Morgan fingerprint density at radius 1 is 1.57 bits per heavy atom. The molecule has 0 aromatic rings. The van der Waals surface area contributed by atoms with Crippen molar-refractivity contribution < 1.29 is 7.54 Å². The minimum absolute atomic E-state index is 0.0551. The van der Waals surface area contributed by atoms with E-state index in [1.165, 1.54) is 6.20 Å². The highest BCUT2D eigenvalue weighted by Crippen LogP contribution is 1.90. The number of carbonyl (C=O) groups excluding carboxylic acids is 1. The van der Waals surface area contributed by atoms with E-state index in [0.29, 0.717) is 12.1 Å². The first-order valence-electron chi connectivity index (χ1n) is 5.84. The molecule has 1 amide bonds. The summed E-state index contributed by atoms with van der Waals surface area (Å²) in [6, 6.07) is 0. The zero-order valence-corrected chi connectivity index (χ0v) is 8.89. The third-order valence-corrected chi connectivity index (χ3v) is 1.49. The first kappa shape index (κ1) is 9.52. The molecule has 0 heterocycles. The molecule has 0 bridgehead atoms. The molecular formula is C10H21N3O. The molecule has 0 aliphatic carbocycles. The minimum Gasteiger partial charge on any atom is -0.401 e. The molecule has 0 aromatic carbocycles. The lowest BCUT2D eigenvalue weighted by atomic mass is 10.2. The predicted molar refractivity (Wildman–Crippen MR) is 58.5 cm³/mol. The lowest BCUT2D eigenvalue weighted by Crippen LogP contribution is -2.31. The van der Waals surface area contributed by atoms with Gasteiger partial charge in [0.15, 0.2) is 0 Å². The molecule has 0 radical (unpaired) electrons. The number of unbranched alkanes of at least 4 members (excludes halogenated alkanes) is 1. The van der Waals surface area contributed by atoms with Crippen molar-refractivity contribution in [3.05, 3.63) is 11.9 Å². The Hall–Kier alpha value is -1.03. The Kier molecular flexibility index (Phi) is 5.82. The van der Waals surface area contributed by atoms with Gasteiger partial charge in [-0.15, -0.1) is 0 Å². The highest BCUT2D eigenvalue weighted by molar-refractivity contribution is 5.78. The van der Waals surface area contributed by atoms with E-state index in [4.69, 9.17) is 8.48 Å². The number of hydrogen-bond donors (Lipinski definition) is 3. The molecule has 4 nitrogen and oxygen atoms in total. The molecule has 0 atom stereocenters. The summed E-state index contributed by atoms with van der Waals surface area (Å²) in [5.41, 5.74) is 5.84. The number of rotatable bonds is 7. The van der Waals surface area contributed by atoms with Gasteiger partial charge in [0.25, 0.3) is 0 Å². The number of hydrogen-bond acceptors (Lipinski definition) is 3. The zero-order chi connectivity index (χ0) is 12.6. The molecule has 4 heteroatoms. The summed E-state index contributed by atoms with van der Waals surface area (Å²) in [6.07, 6.45) is 3.53. The average molecular weight is 201 g/mol. The standard InChI is InChI=1S/C10H21N3O/c1-3-4-5-6-12-8-10(14)13-7-9(2)11/h7,12H,3-6,8,11H2,1-2H3,(H,13,14)/i6D2. The Balaban J connectivity index is 3.85. The van der Waals surface area contributed by atoms with Crippen molar-refractivity contribution in [3.63, 3.8) is 0 Å². The summed E-state index contributed by atoms with van der Waals surface area (Å²) in [7, 11) is 0. The van der Waals surface area contributed by atoms with Gasteiger partial charge in [-0.1, -0.05) is 19.8 Å². The second-order valence-electron chi connectivity index (χ2n) is 3.09. The van der Waals surface area contributed by atoms with Crippen LogP contribution in [0.15, 0.2) is 11.9 Å². The van der Waals surface area contributed by atoms with Gasteiger partial charge in [0.05, 0.1) is 6.54 Å². The molecule has 0 aliphatic heterocycles. The van der Waals surface area contributed by atoms with Crippen LogP contribution in [0.1, 0.15) is 35.9 Å². The zero-order valence-electron chi connectivity index (χ0n) is 10.9. The molecule has 0 saturated heterocycles. The van der Waals surface area contributed by atoms with Crippen molar-refractivity contribution in [2.24, 2.45) is 5.73 Å². The van der Waals surface area contributed by atoms with Crippen LogP contribution in [0.25, 0.3) is 0 Å². The number of amides is 1. The first-order valence-corrected chi connectivity index (χ1v) is 4.84. The maximum absolute atomic E-state index is 11.2. The van der Waals surface area contributed by atoms with E-state index in [1.54, 1.807) is 6.92 Å². The van der Waals surface area contributed by atoms with E-state index in [2.05, 4.69) is 10.6 Å². The minimum atomic E-state index is -1.49. The van der Waals surface area contributed by atoms with Gasteiger partial charge in [-0.2, -0.15) is 0 Å². The van der Waals surface area contributed by atoms with Crippen LogP contribution in [0.3, 0.4) is 0 Å². The topological polar surface area (TPSA) is 67.2 Å². The number of carbonyl (C=O) groups is 1. The van der Waals surface area contributed by atoms with Crippen molar-refractivity contribution in [1.82, 2.24) is 10.6 Å². The average Bonchev–Trinajstić information content (AvgIpc) is 2.21. The van der Waals surface area contributed by atoms with Gasteiger partial charge < -0.3 is 16.4 Å². The molecule has 0 saturated carbocycles. The lowest BCUT2D eigenvalue weighted by molar-refractivity contribution is -0.119. The third kappa shape index (κ3) is 9.06. The van der Waals surface area contributed by atoms with E-state index in [1.807, 2.05) is 6.92 Å². The van der Waals surface area contributed by atoms with E-state index >= 15 is 0 Å². The summed E-state index contributed by atoms with van der Waals surface area (Å²) in [4.78, 5) is 11.2. The maximum Gasteiger partial charge on any atom is 0.237 e. The molecule has 0 spiro atoms. The highest BCUT2D eigenvalue weighted by atomic mass is 16.1. The second kappa shape index (κ2) is 8.56. The van der Waals surface area contributed by atoms with Gasteiger partial charge in [0.2, 0.25) is 5.91 Å². The van der Waals surface area contributed by atoms with Crippen molar-refractivity contribution in [2.75, 3.05) is 13.0 Å². The van der Waals surface area contributed by atoms with Gasteiger partial charge in [0, 0.05) is 14.6 Å². The van der Waals surface area contributed by atoms with Crippen LogP contribution in [-0.2, 0) is 4.79 Å². The van der Waals surface area contributed by atoms with Crippen molar-refractivity contribution >= 4 is 5.91 Å². The Labute approximate surface area is 88.7 Å². The van der Waals surface area contributed by atoms with E-state index in [-0.39, 0.29) is 12.5 Å². The van der Waals surface area contributed by atoms with Crippen molar-refractivity contribution in [3.8, 4) is 0 Å². The Morgan fingerprint density at radius 3 is 2.86 bits per heavy atom. The fourth-order valence-corrected chi connectivity index (χ4v) is 0.742. The molecular weight excluding hydrogens is 178 g/mol. The molecule has 0 unspecified atom stereocenters. The molecule has 14 heavy (non-hydrogen) atoms. The molecule has 82 valence electrons. The highest BCUT2D eigenvalue weighted by Gasteiger charge is 1.96. The molecule has 0 fully saturated rings. The normalized spacial score (nSPS) is 14.6. The molecule has 4 N–H and O–H groups in total. The first-order chi connectivity index (χ1) is 7.37. The van der Waals surface area contributed by atoms with E-state index in [9.17, 15) is 4.79 Å². The lowest BCUT2D eigenvalue weighted by Gasteiger charge is -2.03. The molecule has 0 aliphatic rings. The Bertz CT molecular complexity index is 250. The van der Waals surface area contributed by atoms with Gasteiger partial charge in [0.1, 0.15) is 0 Å². The maximum atomic E-state index is 11.2. The van der Waals surface area contributed by atoms with Gasteiger partial charge >= 0.3 is 0 Å². The van der Waals surface area contributed by atoms with Crippen molar-refractivity contribution in [2.45, 2.75) is 33.1 Å². The SMILES string of the molecule is [2H]C([2H])(CCCC)NCC(=O)NC=C(C)N.